The Balaban J connectivity index is 1.74. The Kier molecular flexibility index (Phi) is 5.73. The third-order valence-electron chi connectivity index (χ3n) is 3.92. The smallest absolute Gasteiger partial charge is 0.321 e. The lowest BCUT2D eigenvalue weighted by Gasteiger charge is -2.25. The predicted molar refractivity (Wildman–Crippen MR) is 78.9 cm³/mol. The van der Waals surface area contributed by atoms with Crippen molar-refractivity contribution in [2.75, 3.05) is 19.7 Å². The Labute approximate surface area is 125 Å². The molecule has 0 bridgehead atoms. The first-order valence-electron chi connectivity index (χ1n) is 7.34. The molecule has 1 aliphatic rings. The van der Waals surface area contributed by atoms with E-state index in [0.29, 0.717) is 19.7 Å². The lowest BCUT2D eigenvalue weighted by Crippen LogP contribution is -2.43. The number of likely N-dealkylation sites (tertiary alicyclic amines) is 1. The van der Waals surface area contributed by atoms with Crippen molar-refractivity contribution in [3.05, 3.63) is 35.9 Å². The molecule has 3 unspecified atom stereocenters. The summed E-state index contributed by atoms with van der Waals surface area (Å²) in [4.78, 5) is 13.1. The van der Waals surface area contributed by atoms with Crippen molar-refractivity contribution >= 4 is 5.97 Å². The van der Waals surface area contributed by atoms with Crippen molar-refractivity contribution in [1.82, 2.24) is 4.90 Å². The molecule has 2 rings (SSSR count). The topological polar surface area (TPSA) is 70.0 Å². The van der Waals surface area contributed by atoms with Gasteiger partial charge in [0.25, 0.3) is 0 Å². The van der Waals surface area contributed by atoms with Gasteiger partial charge in [0.05, 0.1) is 19.3 Å². The van der Waals surface area contributed by atoms with E-state index in [0.717, 1.165) is 12.0 Å². The number of ether oxygens (including phenoxy) is 1. The molecule has 1 fully saturated rings. The zero-order chi connectivity index (χ0) is 15.2. The molecule has 116 valence electrons. The van der Waals surface area contributed by atoms with Gasteiger partial charge in [-0.05, 0) is 24.4 Å². The molecule has 0 aromatic heterocycles. The van der Waals surface area contributed by atoms with Crippen LogP contribution in [-0.2, 0) is 16.1 Å². The minimum Gasteiger partial charge on any atom is -0.480 e. The van der Waals surface area contributed by atoms with Gasteiger partial charge in [0.15, 0.2) is 0 Å². The van der Waals surface area contributed by atoms with Crippen LogP contribution in [0.4, 0.5) is 0 Å². The Bertz CT molecular complexity index is 451. The predicted octanol–water partition coefficient (Wildman–Crippen LogP) is 1.36. The maximum atomic E-state index is 11.2. The van der Waals surface area contributed by atoms with Crippen LogP contribution in [0.1, 0.15) is 18.9 Å². The lowest BCUT2D eigenvalue weighted by molar-refractivity contribution is -0.143. The first kappa shape index (κ1) is 15.9. The van der Waals surface area contributed by atoms with Gasteiger partial charge in [-0.25, -0.2) is 0 Å². The van der Waals surface area contributed by atoms with Crippen molar-refractivity contribution in [2.45, 2.75) is 32.1 Å². The summed E-state index contributed by atoms with van der Waals surface area (Å²) in [5, 5.41) is 19.3. The molecular weight excluding hydrogens is 270 g/mol. The van der Waals surface area contributed by atoms with Crippen LogP contribution in [0, 0.1) is 5.92 Å². The number of aliphatic hydroxyl groups is 1. The number of rotatable bonds is 7. The van der Waals surface area contributed by atoms with Crippen LogP contribution in [-0.4, -0.2) is 52.9 Å². The van der Waals surface area contributed by atoms with Crippen molar-refractivity contribution in [1.29, 1.82) is 0 Å². The molecule has 21 heavy (non-hydrogen) atoms. The van der Waals surface area contributed by atoms with Gasteiger partial charge in [-0.3, -0.25) is 9.69 Å². The monoisotopic (exact) mass is 293 g/mol. The molecule has 5 nitrogen and oxygen atoms in total. The molecule has 2 N–H and O–H groups in total. The molecule has 0 amide bonds. The number of hydrogen-bond acceptors (Lipinski definition) is 4. The molecular formula is C16H23NO4. The first-order chi connectivity index (χ1) is 10.1. The van der Waals surface area contributed by atoms with E-state index in [9.17, 15) is 15.0 Å². The van der Waals surface area contributed by atoms with Crippen LogP contribution < -0.4 is 0 Å². The quantitative estimate of drug-likeness (QED) is 0.794. The number of carboxylic acids is 1. The maximum Gasteiger partial charge on any atom is 0.321 e. The zero-order valence-corrected chi connectivity index (χ0v) is 12.3. The molecule has 0 spiro atoms. The van der Waals surface area contributed by atoms with E-state index in [2.05, 4.69) is 0 Å². The van der Waals surface area contributed by atoms with E-state index >= 15 is 0 Å². The molecule has 3 atom stereocenters. The Hall–Kier alpha value is -1.43. The SMILES string of the molecule is CC1CCN(CC(O)COCc2ccccc2)C1C(=O)O. The summed E-state index contributed by atoms with van der Waals surface area (Å²) in [5.41, 5.74) is 1.06. The summed E-state index contributed by atoms with van der Waals surface area (Å²) in [5.74, 6) is -0.683. The number of β-amino-alcohol motifs (C(OH)–C–C–N with tert-alkyl or cyclic N) is 1. The fraction of sp³-hybridized carbons (Fsp3) is 0.562. The summed E-state index contributed by atoms with van der Waals surface area (Å²) >= 11 is 0. The molecule has 1 heterocycles. The molecule has 1 saturated heterocycles. The number of benzene rings is 1. The molecule has 0 saturated carbocycles. The first-order valence-corrected chi connectivity index (χ1v) is 7.34. The van der Waals surface area contributed by atoms with Gasteiger partial charge in [-0.1, -0.05) is 37.3 Å². The average Bonchev–Trinajstić information content (AvgIpc) is 2.81. The largest absolute Gasteiger partial charge is 0.480 e. The molecule has 1 aromatic rings. The lowest BCUT2D eigenvalue weighted by atomic mass is 10.0. The van der Waals surface area contributed by atoms with Gasteiger partial charge in [0.1, 0.15) is 6.04 Å². The number of hydrogen-bond donors (Lipinski definition) is 2. The normalized spacial score (nSPS) is 24.1. The van der Waals surface area contributed by atoms with Crippen LogP contribution in [0.5, 0.6) is 0 Å². The van der Waals surface area contributed by atoms with Gasteiger partial charge >= 0.3 is 5.97 Å². The minimum atomic E-state index is -0.808. The van der Waals surface area contributed by atoms with Crippen molar-refractivity contribution in [3.8, 4) is 0 Å². The molecule has 1 aromatic carbocycles. The van der Waals surface area contributed by atoms with Crippen LogP contribution >= 0.6 is 0 Å². The average molecular weight is 293 g/mol. The third-order valence-corrected chi connectivity index (χ3v) is 3.92. The molecule has 0 radical (unpaired) electrons. The van der Waals surface area contributed by atoms with E-state index in [1.807, 2.05) is 42.2 Å². The van der Waals surface area contributed by atoms with E-state index in [4.69, 9.17) is 4.74 Å². The summed E-state index contributed by atoms with van der Waals surface area (Å²) < 4.78 is 5.49. The molecule has 0 aliphatic carbocycles. The van der Waals surface area contributed by atoms with Crippen LogP contribution in [0.15, 0.2) is 30.3 Å². The summed E-state index contributed by atoms with van der Waals surface area (Å²) in [7, 11) is 0. The van der Waals surface area contributed by atoms with Gasteiger partial charge in [0, 0.05) is 6.54 Å². The second-order valence-corrected chi connectivity index (χ2v) is 5.70. The fourth-order valence-electron chi connectivity index (χ4n) is 2.84. The maximum absolute atomic E-state index is 11.2. The van der Waals surface area contributed by atoms with Crippen molar-refractivity contribution in [3.63, 3.8) is 0 Å². The number of carboxylic acid groups (broad SMARTS) is 1. The standard InChI is InChI=1S/C16H23NO4/c1-12-7-8-17(15(12)16(19)20)9-14(18)11-21-10-13-5-3-2-4-6-13/h2-6,12,14-15,18H,7-11H2,1H3,(H,19,20). The minimum absolute atomic E-state index is 0.125. The van der Waals surface area contributed by atoms with Gasteiger partial charge < -0.3 is 14.9 Å². The zero-order valence-electron chi connectivity index (χ0n) is 12.3. The molecule has 5 heteroatoms. The van der Waals surface area contributed by atoms with Crippen LogP contribution in [0.25, 0.3) is 0 Å². The Morgan fingerprint density at radius 3 is 2.81 bits per heavy atom. The van der Waals surface area contributed by atoms with Gasteiger partial charge in [-0.15, -0.1) is 0 Å². The third kappa shape index (κ3) is 4.52. The number of aliphatic hydroxyl groups excluding tert-OH is 1. The van der Waals surface area contributed by atoms with Gasteiger partial charge in [-0.2, -0.15) is 0 Å². The highest BCUT2D eigenvalue weighted by Crippen LogP contribution is 2.24. The second-order valence-electron chi connectivity index (χ2n) is 5.70. The highest BCUT2D eigenvalue weighted by molar-refractivity contribution is 5.74. The summed E-state index contributed by atoms with van der Waals surface area (Å²) in [6, 6.07) is 9.27. The van der Waals surface area contributed by atoms with E-state index < -0.39 is 18.1 Å². The number of carbonyl (C=O) groups is 1. The number of nitrogens with zero attached hydrogens (tertiary/aromatic N) is 1. The fourth-order valence-corrected chi connectivity index (χ4v) is 2.84. The van der Waals surface area contributed by atoms with Crippen molar-refractivity contribution in [2.24, 2.45) is 5.92 Å². The summed E-state index contributed by atoms with van der Waals surface area (Å²) in [6.07, 6.45) is 0.190. The van der Waals surface area contributed by atoms with Crippen molar-refractivity contribution < 1.29 is 19.7 Å². The second kappa shape index (κ2) is 7.54. The Morgan fingerprint density at radius 1 is 1.43 bits per heavy atom. The number of aliphatic carboxylic acids is 1. The Morgan fingerprint density at radius 2 is 2.14 bits per heavy atom. The van der Waals surface area contributed by atoms with E-state index in [1.54, 1.807) is 0 Å². The highest BCUT2D eigenvalue weighted by atomic mass is 16.5. The highest BCUT2D eigenvalue weighted by Gasteiger charge is 2.37. The van der Waals surface area contributed by atoms with E-state index in [1.165, 1.54) is 0 Å². The van der Waals surface area contributed by atoms with E-state index in [-0.39, 0.29) is 12.5 Å². The van der Waals surface area contributed by atoms with Crippen LogP contribution in [0.2, 0.25) is 0 Å². The summed E-state index contributed by atoms with van der Waals surface area (Å²) in [6.45, 7) is 3.67. The molecule has 1 aliphatic heterocycles. The van der Waals surface area contributed by atoms with Crippen LogP contribution in [0.3, 0.4) is 0 Å². The van der Waals surface area contributed by atoms with Gasteiger partial charge in [0.2, 0.25) is 0 Å².